The Hall–Kier alpha value is -4.01. The Morgan fingerprint density at radius 3 is 2.58 bits per heavy atom. The summed E-state index contributed by atoms with van der Waals surface area (Å²) >= 11 is 2.36. The summed E-state index contributed by atoms with van der Waals surface area (Å²) in [5.74, 6) is 0.216. The molecule has 2 fully saturated rings. The summed E-state index contributed by atoms with van der Waals surface area (Å²) < 4.78 is 10.1. The molecule has 0 atom stereocenters. The number of halogens is 1. The Balaban J connectivity index is 1.44. The van der Waals surface area contributed by atoms with Crippen LogP contribution >= 0.6 is 22.9 Å². The number of anilines is 2. The number of fused-ring (bicyclic) bond motifs is 1. The topological polar surface area (TPSA) is 125 Å². The molecule has 48 heavy (non-hydrogen) atoms. The number of carbonyl (C=O) groups is 2. The highest BCUT2D eigenvalue weighted by atomic mass is 127. The molecule has 12 heteroatoms. The zero-order chi connectivity index (χ0) is 33.8. The summed E-state index contributed by atoms with van der Waals surface area (Å²) in [6, 6.07) is 10.1. The lowest BCUT2D eigenvalue weighted by atomic mass is 9.99. The van der Waals surface area contributed by atoms with E-state index in [0.29, 0.717) is 35.4 Å². The molecular weight excluding hydrogens is 721 g/mol. The number of nitrogens with one attached hydrogen (secondary N) is 3. The van der Waals surface area contributed by atoms with Crippen molar-refractivity contribution in [3.8, 4) is 11.1 Å². The number of benzene rings is 1. The number of piperazine rings is 1. The normalized spacial score (nSPS) is 15.9. The highest BCUT2D eigenvalue weighted by Crippen LogP contribution is 2.38. The zero-order valence-electron chi connectivity index (χ0n) is 27.5. The number of rotatable bonds is 10. The van der Waals surface area contributed by atoms with Crippen LogP contribution in [0.2, 0.25) is 0 Å². The molecule has 4 aromatic rings. The first-order valence-electron chi connectivity index (χ1n) is 16.6. The average molecular weight is 764 g/mol. The maximum absolute atomic E-state index is 14.2. The second kappa shape index (κ2) is 15.0. The van der Waals surface area contributed by atoms with Gasteiger partial charge in [-0.15, -0.1) is 0 Å². The van der Waals surface area contributed by atoms with E-state index in [9.17, 15) is 14.4 Å². The lowest BCUT2D eigenvalue weighted by Gasteiger charge is -2.32. The fraction of sp³-hybridized carbons (Fsp3) is 0.389. The fourth-order valence-corrected chi connectivity index (χ4v) is 7.10. The van der Waals surface area contributed by atoms with Crippen molar-refractivity contribution >= 4 is 57.1 Å². The van der Waals surface area contributed by atoms with Crippen LogP contribution in [0.1, 0.15) is 59.4 Å². The van der Waals surface area contributed by atoms with Crippen LogP contribution in [0.4, 0.5) is 11.5 Å². The molecule has 2 saturated heterocycles. The van der Waals surface area contributed by atoms with Crippen molar-refractivity contribution in [3.63, 3.8) is 0 Å². The predicted molar refractivity (Wildman–Crippen MR) is 198 cm³/mol. The molecule has 0 spiro atoms. The van der Waals surface area contributed by atoms with E-state index in [1.807, 2.05) is 43.6 Å². The number of H-pyrrole nitrogens is 1. The van der Waals surface area contributed by atoms with E-state index < -0.39 is 0 Å². The van der Waals surface area contributed by atoms with Gasteiger partial charge >= 0.3 is 0 Å². The van der Waals surface area contributed by atoms with E-state index in [1.54, 1.807) is 0 Å². The van der Waals surface area contributed by atoms with Gasteiger partial charge in [-0.25, -0.2) is 8.10 Å². The summed E-state index contributed by atoms with van der Waals surface area (Å²) in [4.78, 5) is 49.8. The standard InChI is InChI=1S/C36H42IN7O4/c1-4-6-24-17-23(3)40-36(47)29(24)21-39-35(46)28-18-26(25-7-8-32(38-20-25)42-11-13-43(37)14-12-42)19-31-34(28)30(41-33(45)5-2)22-44(31)27-9-15-48-16-10-27/h5,7-8,17-20,22,27H,2,4,6,9-16,21H2,1,3H3,(H,39,46)(H,40,47)(H,41,45). The molecule has 11 nitrogen and oxygen atoms in total. The van der Waals surface area contributed by atoms with E-state index >= 15 is 0 Å². The third-order valence-electron chi connectivity index (χ3n) is 9.14. The number of carbonyl (C=O) groups excluding carboxylic acids is 2. The van der Waals surface area contributed by atoms with Crippen molar-refractivity contribution in [2.45, 2.75) is 52.1 Å². The smallest absolute Gasteiger partial charge is 0.253 e. The molecule has 0 unspecified atom stereocenters. The van der Waals surface area contributed by atoms with Gasteiger partial charge in [0.05, 0.1) is 16.8 Å². The van der Waals surface area contributed by atoms with Crippen molar-refractivity contribution < 1.29 is 14.3 Å². The number of aryl methyl sites for hydroxylation is 2. The Labute approximate surface area is 294 Å². The third kappa shape index (κ3) is 7.35. The van der Waals surface area contributed by atoms with Gasteiger partial charge in [0.1, 0.15) is 5.82 Å². The van der Waals surface area contributed by atoms with Gasteiger partial charge in [-0.3, -0.25) is 14.4 Å². The molecule has 0 saturated carbocycles. The van der Waals surface area contributed by atoms with Gasteiger partial charge in [0.25, 0.3) is 11.5 Å². The van der Waals surface area contributed by atoms with Crippen LogP contribution in [0.25, 0.3) is 22.0 Å². The lowest BCUT2D eigenvalue weighted by Crippen LogP contribution is -2.42. The van der Waals surface area contributed by atoms with Crippen LogP contribution < -0.4 is 21.1 Å². The Morgan fingerprint density at radius 2 is 1.90 bits per heavy atom. The number of hydrogen-bond donors (Lipinski definition) is 3. The van der Waals surface area contributed by atoms with Gasteiger partial charge in [-0.05, 0) is 73.7 Å². The maximum Gasteiger partial charge on any atom is 0.253 e. The van der Waals surface area contributed by atoms with Gasteiger partial charge in [0.15, 0.2) is 0 Å². The van der Waals surface area contributed by atoms with Crippen molar-refractivity contribution in [1.29, 1.82) is 0 Å². The van der Waals surface area contributed by atoms with Crippen molar-refractivity contribution in [3.05, 3.63) is 88.1 Å². The van der Waals surface area contributed by atoms with E-state index in [0.717, 1.165) is 85.6 Å². The Kier molecular flexibility index (Phi) is 10.6. The summed E-state index contributed by atoms with van der Waals surface area (Å²) in [5.41, 5.74) is 5.52. The minimum Gasteiger partial charge on any atom is -0.381 e. The van der Waals surface area contributed by atoms with Crippen molar-refractivity contribution in [1.82, 2.24) is 23.0 Å². The number of pyridine rings is 2. The van der Waals surface area contributed by atoms with Crippen molar-refractivity contribution in [2.75, 3.05) is 49.6 Å². The van der Waals surface area contributed by atoms with Crippen LogP contribution in [0.15, 0.2) is 60.2 Å². The highest BCUT2D eigenvalue weighted by Gasteiger charge is 2.25. The summed E-state index contributed by atoms with van der Waals surface area (Å²) in [6.07, 6.45) is 8.22. The van der Waals surface area contributed by atoms with E-state index in [1.165, 1.54) is 6.08 Å². The first-order valence-corrected chi connectivity index (χ1v) is 17.5. The quantitative estimate of drug-likeness (QED) is 0.110. The minimum absolute atomic E-state index is 0.0747. The minimum atomic E-state index is -0.366. The van der Waals surface area contributed by atoms with Gasteiger partial charge in [-0.2, -0.15) is 0 Å². The van der Waals surface area contributed by atoms with Crippen LogP contribution in [0.5, 0.6) is 0 Å². The molecular formula is C36H42IN7O4. The molecule has 3 aromatic heterocycles. The third-order valence-corrected chi connectivity index (χ3v) is 10.1. The Morgan fingerprint density at radius 1 is 1.12 bits per heavy atom. The van der Waals surface area contributed by atoms with E-state index in [-0.39, 0.29) is 30.0 Å². The van der Waals surface area contributed by atoms with Gasteiger partial charge in [0, 0.05) is 109 Å². The molecule has 2 aliphatic rings. The molecule has 252 valence electrons. The average Bonchev–Trinajstić information content (AvgIpc) is 3.46. The second-order valence-corrected chi connectivity index (χ2v) is 13.8. The maximum atomic E-state index is 14.2. The molecule has 0 radical (unpaired) electrons. The Bertz CT molecular complexity index is 1870. The number of nitrogens with zero attached hydrogens (tertiary/aromatic N) is 4. The number of ether oxygens (including phenoxy) is 1. The second-order valence-electron chi connectivity index (χ2n) is 12.4. The fourth-order valence-electron chi connectivity index (χ4n) is 6.67. The first-order chi connectivity index (χ1) is 23.2. The zero-order valence-corrected chi connectivity index (χ0v) is 29.6. The summed E-state index contributed by atoms with van der Waals surface area (Å²) in [6.45, 7) is 12.7. The van der Waals surface area contributed by atoms with Gasteiger partial charge < -0.3 is 29.8 Å². The largest absolute Gasteiger partial charge is 0.381 e. The van der Waals surface area contributed by atoms with E-state index in [2.05, 4.69) is 70.6 Å². The molecule has 1 aromatic carbocycles. The predicted octanol–water partition coefficient (Wildman–Crippen LogP) is 5.53. The van der Waals surface area contributed by atoms with Gasteiger partial charge in [-0.1, -0.05) is 19.9 Å². The summed E-state index contributed by atoms with van der Waals surface area (Å²) in [5, 5.41) is 6.61. The first kappa shape index (κ1) is 33.9. The molecule has 0 bridgehead atoms. The molecule has 2 amide bonds. The van der Waals surface area contributed by atoms with Crippen LogP contribution in [-0.2, 0) is 22.5 Å². The van der Waals surface area contributed by atoms with Crippen LogP contribution in [-0.4, -0.2) is 68.9 Å². The van der Waals surface area contributed by atoms with Crippen LogP contribution in [0.3, 0.4) is 0 Å². The monoisotopic (exact) mass is 763 g/mol. The molecule has 3 N–H and O–H groups in total. The van der Waals surface area contributed by atoms with Crippen molar-refractivity contribution in [2.24, 2.45) is 0 Å². The number of hydrogen-bond acceptors (Lipinski definition) is 7. The molecule has 0 aliphatic carbocycles. The number of aromatic amines is 1. The molecule has 6 rings (SSSR count). The van der Waals surface area contributed by atoms with E-state index in [4.69, 9.17) is 9.72 Å². The molecule has 5 heterocycles. The summed E-state index contributed by atoms with van der Waals surface area (Å²) in [7, 11) is 0. The lowest BCUT2D eigenvalue weighted by molar-refractivity contribution is -0.111. The SMILES string of the molecule is C=CC(=O)Nc1cn(C2CCOCC2)c2cc(-c3ccc(N4CCN(I)CC4)nc3)cc(C(=O)NCc3c(CCC)cc(C)[nH]c3=O)c12. The van der Waals surface area contributed by atoms with Gasteiger partial charge in [0.2, 0.25) is 5.91 Å². The molecule has 2 aliphatic heterocycles. The number of aromatic nitrogens is 3. The van der Waals surface area contributed by atoms with Crippen LogP contribution in [0, 0.1) is 6.92 Å². The number of amides is 2. The highest BCUT2D eigenvalue weighted by molar-refractivity contribution is 14.1.